The lowest BCUT2D eigenvalue weighted by Gasteiger charge is -2.32. The van der Waals surface area contributed by atoms with Gasteiger partial charge >= 0.3 is 0 Å². The van der Waals surface area contributed by atoms with E-state index in [1.165, 1.54) is 4.31 Å². The Hall–Kier alpha value is -1.56. The van der Waals surface area contributed by atoms with Crippen LogP contribution < -0.4 is 9.62 Å². The Labute approximate surface area is 127 Å². The normalized spacial score (nSPS) is 13.6. The van der Waals surface area contributed by atoms with Crippen LogP contribution in [0.4, 0.5) is 5.69 Å². The van der Waals surface area contributed by atoms with Gasteiger partial charge in [0.05, 0.1) is 11.9 Å². The van der Waals surface area contributed by atoms with Crippen molar-refractivity contribution in [2.75, 3.05) is 10.6 Å². The van der Waals surface area contributed by atoms with E-state index in [1.54, 1.807) is 37.3 Å². The Bertz CT molecular complexity index is 577. The summed E-state index contributed by atoms with van der Waals surface area (Å²) in [5.74, 6) is -0.292. The van der Waals surface area contributed by atoms with Gasteiger partial charge in [0.1, 0.15) is 6.04 Å². The van der Waals surface area contributed by atoms with Crippen molar-refractivity contribution < 1.29 is 13.2 Å². The first kappa shape index (κ1) is 17.5. The second kappa shape index (κ2) is 6.47. The molecule has 6 heteroatoms. The zero-order valence-corrected chi connectivity index (χ0v) is 14.1. The van der Waals surface area contributed by atoms with Gasteiger partial charge in [0.15, 0.2) is 0 Å². The number of benzene rings is 1. The second-order valence-corrected chi connectivity index (χ2v) is 7.92. The topological polar surface area (TPSA) is 66.5 Å². The standard InChI is InChI=1S/C15H24N2O3S/c1-6-13(14(18)16-15(2,3)4)17(21(5,19)20)12-10-8-7-9-11-12/h7-11,13H,6H2,1-5H3,(H,16,18)/t13-/m0/s1. The summed E-state index contributed by atoms with van der Waals surface area (Å²) in [5.41, 5.74) is 0.0839. The minimum atomic E-state index is -3.56. The fraction of sp³-hybridized carbons (Fsp3) is 0.533. The van der Waals surface area contributed by atoms with Crippen molar-refractivity contribution in [3.63, 3.8) is 0 Å². The van der Waals surface area contributed by atoms with Gasteiger partial charge in [-0.15, -0.1) is 0 Å². The molecule has 0 aliphatic rings. The van der Waals surface area contributed by atoms with Crippen molar-refractivity contribution in [3.8, 4) is 0 Å². The van der Waals surface area contributed by atoms with Crippen LogP contribution in [0.25, 0.3) is 0 Å². The van der Waals surface area contributed by atoms with E-state index in [0.29, 0.717) is 12.1 Å². The van der Waals surface area contributed by atoms with E-state index < -0.39 is 21.6 Å². The van der Waals surface area contributed by atoms with Crippen LogP contribution in [0.1, 0.15) is 34.1 Å². The van der Waals surface area contributed by atoms with Crippen LogP contribution in [0, 0.1) is 0 Å². The van der Waals surface area contributed by atoms with E-state index in [9.17, 15) is 13.2 Å². The molecule has 1 aromatic carbocycles. The van der Waals surface area contributed by atoms with Crippen molar-refractivity contribution >= 4 is 21.6 Å². The molecule has 0 heterocycles. The minimum absolute atomic E-state index is 0.292. The van der Waals surface area contributed by atoms with Crippen LogP contribution in [0.2, 0.25) is 0 Å². The third-order valence-corrected chi connectivity index (χ3v) is 4.02. The van der Waals surface area contributed by atoms with Crippen molar-refractivity contribution in [1.29, 1.82) is 0 Å². The second-order valence-electron chi connectivity index (χ2n) is 6.06. The molecular weight excluding hydrogens is 288 g/mol. The number of anilines is 1. The van der Waals surface area contributed by atoms with E-state index in [0.717, 1.165) is 6.26 Å². The Morgan fingerprint density at radius 1 is 1.24 bits per heavy atom. The molecule has 21 heavy (non-hydrogen) atoms. The van der Waals surface area contributed by atoms with E-state index >= 15 is 0 Å². The number of hydrogen-bond donors (Lipinski definition) is 1. The number of carbonyl (C=O) groups excluding carboxylic acids is 1. The van der Waals surface area contributed by atoms with Gasteiger partial charge in [-0.05, 0) is 39.3 Å². The highest BCUT2D eigenvalue weighted by Crippen LogP contribution is 2.22. The molecule has 1 N–H and O–H groups in total. The molecule has 0 bridgehead atoms. The molecule has 0 aliphatic heterocycles. The van der Waals surface area contributed by atoms with Gasteiger partial charge < -0.3 is 5.32 Å². The first-order chi connectivity index (χ1) is 9.56. The van der Waals surface area contributed by atoms with Crippen LogP contribution in [-0.4, -0.2) is 32.2 Å². The third-order valence-electron chi connectivity index (χ3n) is 2.84. The summed E-state index contributed by atoms with van der Waals surface area (Å²) in [6, 6.07) is 7.92. The average Bonchev–Trinajstić information content (AvgIpc) is 2.32. The zero-order valence-electron chi connectivity index (χ0n) is 13.3. The number of carbonyl (C=O) groups is 1. The Morgan fingerprint density at radius 3 is 2.14 bits per heavy atom. The number of para-hydroxylation sites is 1. The molecule has 0 aromatic heterocycles. The number of nitrogens with one attached hydrogen (secondary N) is 1. The quantitative estimate of drug-likeness (QED) is 0.906. The first-order valence-corrected chi connectivity index (χ1v) is 8.77. The number of sulfonamides is 1. The summed E-state index contributed by atoms with van der Waals surface area (Å²) < 4.78 is 25.5. The van der Waals surface area contributed by atoms with Gasteiger partial charge in [0.25, 0.3) is 0 Å². The fourth-order valence-electron chi connectivity index (χ4n) is 2.09. The summed E-state index contributed by atoms with van der Waals surface area (Å²) >= 11 is 0. The van der Waals surface area contributed by atoms with E-state index in [4.69, 9.17) is 0 Å². The molecule has 0 spiro atoms. The van der Waals surface area contributed by atoms with E-state index in [1.807, 2.05) is 20.8 Å². The van der Waals surface area contributed by atoms with Gasteiger partial charge in [-0.2, -0.15) is 0 Å². The zero-order chi connectivity index (χ0) is 16.3. The summed E-state index contributed by atoms with van der Waals surface area (Å²) in [5, 5.41) is 2.85. The number of hydrogen-bond acceptors (Lipinski definition) is 3. The summed E-state index contributed by atoms with van der Waals surface area (Å²) in [6.45, 7) is 7.40. The van der Waals surface area contributed by atoms with Crippen molar-refractivity contribution in [3.05, 3.63) is 30.3 Å². The minimum Gasteiger partial charge on any atom is -0.350 e. The van der Waals surface area contributed by atoms with E-state index in [2.05, 4.69) is 5.32 Å². The summed E-state index contributed by atoms with van der Waals surface area (Å²) in [7, 11) is -3.56. The molecule has 1 atom stereocenters. The molecule has 118 valence electrons. The van der Waals surface area contributed by atoms with Crippen LogP contribution in [-0.2, 0) is 14.8 Å². The molecule has 0 unspecified atom stereocenters. The highest BCUT2D eigenvalue weighted by Gasteiger charge is 2.32. The number of rotatable bonds is 5. The van der Waals surface area contributed by atoms with Crippen molar-refractivity contribution in [2.45, 2.75) is 45.7 Å². The molecule has 1 amide bonds. The maximum absolute atomic E-state index is 12.4. The lowest BCUT2D eigenvalue weighted by molar-refractivity contribution is -0.123. The smallest absolute Gasteiger partial charge is 0.244 e. The molecular formula is C15H24N2O3S. The van der Waals surface area contributed by atoms with Gasteiger partial charge in [-0.1, -0.05) is 25.1 Å². The monoisotopic (exact) mass is 312 g/mol. The highest BCUT2D eigenvalue weighted by molar-refractivity contribution is 7.92. The summed E-state index contributed by atoms with van der Waals surface area (Å²) in [4.78, 5) is 12.4. The molecule has 0 radical (unpaired) electrons. The van der Waals surface area contributed by atoms with Crippen molar-refractivity contribution in [2.24, 2.45) is 0 Å². The largest absolute Gasteiger partial charge is 0.350 e. The molecule has 0 saturated heterocycles. The fourth-order valence-corrected chi connectivity index (χ4v) is 3.30. The predicted octanol–water partition coefficient (Wildman–Crippen LogP) is 2.15. The lowest BCUT2D eigenvalue weighted by atomic mass is 10.1. The lowest BCUT2D eigenvalue weighted by Crippen LogP contribution is -2.53. The Kier molecular flexibility index (Phi) is 5.39. The summed E-state index contributed by atoms with van der Waals surface area (Å²) in [6.07, 6.45) is 1.51. The Morgan fingerprint density at radius 2 is 1.76 bits per heavy atom. The molecule has 1 rings (SSSR count). The van der Waals surface area contributed by atoms with Crippen LogP contribution in [0.5, 0.6) is 0 Å². The van der Waals surface area contributed by atoms with Gasteiger partial charge in [-0.3, -0.25) is 9.10 Å². The van der Waals surface area contributed by atoms with E-state index in [-0.39, 0.29) is 5.91 Å². The van der Waals surface area contributed by atoms with Crippen molar-refractivity contribution in [1.82, 2.24) is 5.32 Å². The van der Waals surface area contributed by atoms with Crippen LogP contribution >= 0.6 is 0 Å². The third kappa shape index (κ3) is 5.04. The first-order valence-electron chi connectivity index (χ1n) is 6.92. The number of amides is 1. The van der Waals surface area contributed by atoms with Gasteiger partial charge in [0, 0.05) is 5.54 Å². The molecule has 1 aromatic rings. The SMILES string of the molecule is CC[C@@H](C(=O)NC(C)(C)C)N(c1ccccc1)S(C)(=O)=O. The Balaban J connectivity index is 3.21. The molecule has 5 nitrogen and oxygen atoms in total. The molecule has 0 fully saturated rings. The predicted molar refractivity (Wildman–Crippen MR) is 85.7 cm³/mol. The van der Waals surface area contributed by atoms with Gasteiger partial charge in [0.2, 0.25) is 15.9 Å². The molecule has 0 saturated carbocycles. The maximum Gasteiger partial charge on any atom is 0.244 e. The number of nitrogens with zero attached hydrogens (tertiary/aromatic N) is 1. The molecule has 0 aliphatic carbocycles. The van der Waals surface area contributed by atoms with Gasteiger partial charge in [-0.25, -0.2) is 8.42 Å². The average molecular weight is 312 g/mol. The maximum atomic E-state index is 12.4. The van der Waals surface area contributed by atoms with Crippen LogP contribution in [0.3, 0.4) is 0 Å². The van der Waals surface area contributed by atoms with Crippen LogP contribution in [0.15, 0.2) is 30.3 Å². The highest BCUT2D eigenvalue weighted by atomic mass is 32.2.